The van der Waals surface area contributed by atoms with Crippen LogP contribution in [0, 0.1) is 0 Å². The number of carbonyl (C=O) groups excluding carboxylic acids is 1. The number of hydrogen-bond donors (Lipinski definition) is 0. The molecule has 0 radical (unpaired) electrons. The van der Waals surface area contributed by atoms with Crippen LogP contribution in [-0.4, -0.2) is 67.8 Å². The summed E-state index contributed by atoms with van der Waals surface area (Å²) < 4.78 is 10.8. The zero-order valence-corrected chi connectivity index (χ0v) is 15.6. The Morgan fingerprint density at radius 1 is 1.20 bits per heavy atom. The summed E-state index contributed by atoms with van der Waals surface area (Å²) in [5.41, 5.74) is 0.810. The molecule has 2 aliphatic heterocycles. The predicted octanol–water partition coefficient (Wildman–Crippen LogP) is 2.31. The largest absolute Gasteiger partial charge is 0.493 e. The third-order valence-electron chi connectivity index (χ3n) is 4.42. The molecule has 134 valence electrons. The van der Waals surface area contributed by atoms with Gasteiger partial charge in [-0.2, -0.15) is 4.99 Å². The molecular formula is C18H23N3O3S. The molecule has 6 nitrogen and oxygen atoms in total. The number of para-hydroxylation sites is 1. The quantitative estimate of drug-likeness (QED) is 0.767. The SMILES string of the molecule is CCN1CCN(C2=NC(=O)/C(=C/c3cccc(OC)c3OC)S2)CC1. The van der Waals surface area contributed by atoms with Crippen molar-refractivity contribution in [3.05, 3.63) is 28.7 Å². The van der Waals surface area contributed by atoms with E-state index in [1.165, 1.54) is 11.8 Å². The Bertz CT molecular complexity index is 710. The fourth-order valence-electron chi connectivity index (χ4n) is 2.96. The molecule has 1 fully saturated rings. The molecule has 0 unspecified atom stereocenters. The van der Waals surface area contributed by atoms with Gasteiger partial charge in [-0.05, 0) is 30.4 Å². The van der Waals surface area contributed by atoms with Crippen molar-refractivity contribution in [2.45, 2.75) is 6.92 Å². The Kier molecular flexibility index (Phi) is 5.65. The van der Waals surface area contributed by atoms with Gasteiger partial charge in [0.1, 0.15) is 0 Å². The van der Waals surface area contributed by atoms with Gasteiger partial charge in [-0.1, -0.05) is 19.1 Å². The molecule has 1 aromatic rings. The van der Waals surface area contributed by atoms with Crippen LogP contribution in [0.25, 0.3) is 6.08 Å². The summed E-state index contributed by atoms with van der Waals surface area (Å²) in [6.45, 7) is 7.06. The molecule has 1 saturated heterocycles. The van der Waals surface area contributed by atoms with Crippen LogP contribution in [0.3, 0.4) is 0 Å². The molecule has 0 aromatic heterocycles. The molecule has 0 N–H and O–H groups in total. The minimum atomic E-state index is -0.192. The van der Waals surface area contributed by atoms with Gasteiger partial charge in [0.2, 0.25) is 0 Å². The van der Waals surface area contributed by atoms with E-state index in [1.54, 1.807) is 14.2 Å². The Morgan fingerprint density at radius 2 is 1.96 bits per heavy atom. The first-order valence-corrected chi connectivity index (χ1v) is 9.18. The van der Waals surface area contributed by atoms with Crippen molar-refractivity contribution < 1.29 is 14.3 Å². The van der Waals surface area contributed by atoms with Crippen LogP contribution in [0.15, 0.2) is 28.1 Å². The van der Waals surface area contributed by atoms with Gasteiger partial charge in [-0.25, -0.2) is 0 Å². The van der Waals surface area contributed by atoms with E-state index in [0.717, 1.165) is 43.5 Å². The van der Waals surface area contributed by atoms with Crippen LogP contribution in [-0.2, 0) is 4.79 Å². The maximum Gasteiger partial charge on any atom is 0.286 e. The lowest BCUT2D eigenvalue weighted by Crippen LogP contribution is -2.47. The molecule has 2 aliphatic rings. The zero-order valence-electron chi connectivity index (χ0n) is 14.8. The fourth-order valence-corrected chi connectivity index (χ4v) is 3.91. The average Bonchev–Trinajstić information content (AvgIpc) is 3.02. The predicted molar refractivity (Wildman–Crippen MR) is 101 cm³/mol. The summed E-state index contributed by atoms with van der Waals surface area (Å²) in [5.74, 6) is 1.07. The first kappa shape index (κ1) is 17.8. The number of methoxy groups -OCH3 is 2. The van der Waals surface area contributed by atoms with E-state index in [9.17, 15) is 4.79 Å². The number of nitrogens with zero attached hydrogens (tertiary/aromatic N) is 3. The Hall–Kier alpha value is -1.99. The second-order valence-corrected chi connectivity index (χ2v) is 6.82. The summed E-state index contributed by atoms with van der Waals surface area (Å²) in [5, 5.41) is 0.800. The van der Waals surface area contributed by atoms with E-state index in [0.29, 0.717) is 16.4 Å². The lowest BCUT2D eigenvalue weighted by Gasteiger charge is -2.34. The fraction of sp³-hybridized carbons (Fsp3) is 0.444. The van der Waals surface area contributed by atoms with Crippen molar-refractivity contribution in [1.82, 2.24) is 9.80 Å². The molecule has 0 bridgehead atoms. The number of hydrogen-bond acceptors (Lipinski definition) is 6. The summed E-state index contributed by atoms with van der Waals surface area (Å²) in [6, 6.07) is 5.61. The topological polar surface area (TPSA) is 54.4 Å². The van der Waals surface area contributed by atoms with Gasteiger partial charge < -0.3 is 19.3 Å². The normalized spacial score (nSPS) is 20.1. The van der Waals surface area contributed by atoms with Crippen molar-refractivity contribution in [1.29, 1.82) is 0 Å². The molecule has 0 saturated carbocycles. The average molecular weight is 361 g/mol. The van der Waals surface area contributed by atoms with E-state index >= 15 is 0 Å². The van der Waals surface area contributed by atoms with Crippen molar-refractivity contribution in [2.24, 2.45) is 4.99 Å². The molecule has 7 heteroatoms. The second kappa shape index (κ2) is 7.93. The van der Waals surface area contributed by atoms with Crippen molar-refractivity contribution in [3.63, 3.8) is 0 Å². The number of piperazine rings is 1. The Morgan fingerprint density at radius 3 is 2.60 bits per heavy atom. The van der Waals surface area contributed by atoms with Crippen molar-refractivity contribution in [2.75, 3.05) is 46.9 Å². The second-order valence-electron chi connectivity index (χ2n) is 5.81. The van der Waals surface area contributed by atoms with Crippen LogP contribution in [0.1, 0.15) is 12.5 Å². The number of carbonyl (C=O) groups is 1. The number of rotatable bonds is 4. The molecule has 2 heterocycles. The van der Waals surface area contributed by atoms with E-state index in [-0.39, 0.29) is 5.91 Å². The Balaban J connectivity index is 1.76. The van der Waals surface area contributed by atoms with Crippen LogP contribution in [0.5, 0.6) is 11.5 Å². The lowest BCUT2D eigenvalue weighted by atomic mass is 10.1. The highest BCUT2D eigenvalue weighted by Gasteiger charge is 2.28. The van der Waals surface area contributed by atoms with E-state index in [1.807, 2.05) is 24.3 Å². The van der Waals surface area contributed by atoms with Gasteiger partial charge in [-0.3, -0.25) is 4.79 Å². The smallest absolute Gasteiger partial charge is 0.286 e. The number of aliphatic imine (C=N–C) groups is 1. The van der Waals surface area contributed by atoms with Crippen LogP contribution >= 0.6 is 11.8 Å². The zero-order chi connectivity index (χ0) is 17.8. The monoisotopic (exact) mass is 361 g/mol. The number of thioether (sulfide) groups is 1. The maximum absolute atomic E-state index is 12.3. The number of ether oxygens (including phenoxy) is 2. The highest BCUT2D eigenvalue weighted by molar-refractivity contribution is 8.18. The van der Waals surface area contributed by atoms with Gasteiger partial charge in [-0.15, -0.1) is 0 Å². The molecule has 0 aliphatic carbocycles. The summed E-state index contributed by atoms with van der Waals surface area (Å²) in [6.07, 6.45) is 1.83. The van der Waals surface area contributed by atoms with Crippen LogP contribution in [0.2, 0.25) is 0 Å². The van der Waals surface area contributed by atoms with Crippen LogP contribution < -0.4 is 9.47 Å². The summed E-state index contributed by atoms with van der Waals surface area (Å²) in [7, 11) is 3.19. The first-order valence-electron chi connectivity index (χ1n) is 8.37. The van der Waals surface area contributed by atoms with Gasteiger partial charge in [0.25, 0.3) is 5.91 Å². The highest BCUT2D eigenvalue weighted by Crippen LogP contribution is 2.36. The number of likely N-dealkylation sites (N-methyl/N-ethyl adjacent to an activating group) is 1. The Labute approximate surface area is 152 Å². The molecular weight excluding hydrogens is 338 g/mol. The third-order valence-corrected chi connectivity index (χ3v) is 5.46. The minimum absolute atomic E-state index is 0.192. The maximum atomic E-state index is 12.3. The van der Waals surface area contributed by atoms with E-state index in [2.05, 4.69) is 21.7 Å². The van der Waals surface area contributed by atoms with Crippen molar-refractivity contribution >= 4 is 28.9 Å². The standard InChI is InChI=1S/C18H23N3O3S/c1-4-20-8-10-21(11-9-20)18-19-17(22)15(25-18)12-13-6-5-7-14(23-2)16(13)24-3/h5-7,12H,4,8-11H2,1-3H3/b15-12-. The molecule has 1 aromatic carbocycles. The van der Waals surface area contributed by atoms with Gasteiger partial charge in [0.05, 0.1) is 19.1 Å². The molecule has 25 heavy (non-hydrogen) atoms. The highest BCUT2D eigenvalue weighted by atomic mass is 32.2. The summed E-state index contributed by atoms with van der Waals surface area (Å²) >= 11 is 1.43. The third kappa shape index (κ3) is 3.82. The summed E-state index contributed by atoms with van der Waals surface area (Å²) in [4.78, 5) is 21.8. The molecule has 0 spiro atoms. The van der Waals surface area contributed by atoms with Gasteiger partial charge in [0, 0.05) is 31.7 Å². The van der Waals surface area contributed by atoms with Crippen LogP contribution in [0.4, 0.5) is 0 Å². The molecule has 3 rings (SSSR count). The molecule has 0 atom stereocenters. The van der Waals surface area contributed by atoms with Crippen molar-refractivity contribution in [3.8, 4) is 11.5 Å². The van der Waals surface area contributed by atoms with E-state index < -0.39 is 0 Å². The first-order chi connectivity index (χ1) is 12.2. The van der Waals surface area contributed by atoms with Gasteiger partial charge >= 0.3 is 0 Å². The number of benzene rings is 1. The van der Waals surface area contributed by atoms with Gasteiger partial charge in [0.15, 0.2) is 16.7 Å². The van der Waals surface area contributed by atoms with E-state index in [4.69, 9.17) is 9.47 Å². The number of amides is 1. The minimum Gasteiger partial charge on any atom is -0.493 e. The molecule has 1 amide bonds. The number of amidine groups is 1. The lowest BCUT2D eigenvalue weighted by molar-refractivity contribution is -0.113.